The first kappa shape index (κ1) is 15.9. The second-order valence-corrected chi connectivity index (χ2v) is 6.01. The zero-order valence-electron chi connectivity index (χ0n) is 12.9. The minimum Gasteiger partial charge on any atom is -0.313 e. The van der Waals surface area contributed by atoms with Crippen molar-refractivity contribution in [2.24, 2.45) is 0 Å². The maximum atomic E-state index is 3.72. The maximum absolute atomic E-state index is 3.72. The second kappa shape index (κ2) is 8.89. The van der Waals surface area contributed by atoms with Gasteiger partial charge < -0.3 is 15.1 Å². The van der Waals surface area contributed by atoms with Gasteiger partial charge in [0.05, 0.1) is 0 Å². The molecule has 0 aliphatic heterocycles. The van der Waals surface area contributed by atoms with E-state index in [-0.39, 0.29) is 0 Å². The molecule has 0 amide bonds. The molecule has 0 spiro atoms. The van der Waals surface area contributed by atoms with E-state index in [9.17, 15) is 0 Å². The number of hydrogen-bond donors (Lipinski definition) is 1. The number of hydrogen-bond acceptors (Lipinski definition) is 3. The van der Waals surface area contributed by atoms with Crippen LogP contribution in [0.1, 0.15) is 45.4 Å². The minimum atomic E-state index is 0.697. The van der Waals surface area contributed by atoms with E-state index in [0.717, 1.165) is 19.1 Å². The molecule has 1 aliphatic carbocycles. The van der Waals surface area contributed by atoms with Crippen molar-refractivity contribution < 1.29 is 0 Å². The Hall–Kier alpha value is -0.120. The third kappa shape index (κ3) is 5.68. The van der Waals surface area contributed by atoms with Crippen molar-refractivity contribution in [3.8, 4) is 0 Å². The third-order valence-electron chi connectivity index (χ3n) is 4.16. The molecule has 108 valence electrons. The molecule has 0 bridgehead atoms. The van der Waals surface area contributed by atoms with Crippen LogP contribution in [-0.4, -0.2) is 62.7 Å². The number of rotatable bonds is 6. The van der Waals surface area contributed by atoms with Gasteiger partial charge in [-0.05, 0) is 40.5 Å². The van der Waals surface area contributed by atoms with Gasteiger partial charge in [0.2, 0.25) is 0 Å². The Morgan fingerprint density at radius 1 is 0.944 bits per heavy atom. The van der Waals surface area contributed by atoms with E-state index < -0.39 is 0 Å². The second-order valence-electron chi connectivity index (χ2n) is 6.01. The van der Waals surface area contributed by atoms with Crippen LogP contribution in [0, 0.1) is 0 Å². The summed E-state index contributed by atoms with van der Waals surface area (Å²) >= 11 is 0. The van der Waals surface area contributed by atoms with E-state index in [1.807, 2.05) is 0 Å². The Kier molecular flexibility index (Phi) is 7.87. The molecule has 0 aromatic rings. The van der Waals surface area contributed by atoms with Gasteiger partial charge in [-0.3, -0.25) is 0 Å². The minimum absolute atomic E-state index is 0.697. The number of likely N-dealkylation sites (N-methyl/N-ethyl adjacent to an activating group) is 3. The summed E-state index contributed by atoms with van der Waals surface area (Å²) in [5.74, 6) is 0. The quantitative estimate of drug-likeness (QED) is 0.785. The van der Waals surface area contributed by atoms with Crippen LogP contribution in [0.2, 0.25) is 0 Å². The standard InChI is InChI=1S/C15H33N3/c1-5-16-14-10-8-6-7-9-11-15(14)18(4)13-12-17(2)3/h14-16H,5-13H2,1-4H3. The van der Waals surface area contributed by atoms with E-state index in [2.05, 4.69) is 43.2 Å². The zero-order valence-corrected chi connectivity index (χ0v) is 12.9. The SMILES string of the molecule is CCNC1CCCCCCC1N(C)CCN(C)C. The topological polar surface area (TPSA) is 18.5 Å². The van der Waals surface area contributed by atoms with Crippen LogP contribution in [0.4, 0.5) is 0 Å². The average molecular weight is 255 g/mol. The predicted octanol–water partition coefficient (Wildman–Crippen LogP) is 2.18. The highest BCUT2D eigenvalue weighted by atomic mass is 15.2. The van der Waals surface area contributed by atoms with Gasteiger partial charge in [0.25, 0.3) is 0 Å². The van der Waals surface area contributed by atoms with E-state index in [1.54, 1.807) is 0 Å². The lowest BCUT2D eigenvalue weighted by Crippen LogP contribution is -2.50. The molecule has 0 aromatic carbocycles. The molecule has 2 atom stereocenters. The summed E-state index contributed by atoms with van der Waals surface area (Å²) in [6, 6.07) is 1.42. The smallest absolute Gasteiger partial charge is 0.0246 e. The summed E-state index contributed by atoms with van der Waals surface area (Å²) in [7, 11) is 6.63. The van der Waals surface area contributed by atoms with E-state index in [0.29, 0.717) is 6.04 Å². The summed E-state index contributed by atoms with van der Waals surface area (Å²) in [5.41, 5.74) is 0. The number of nitrogens with zero attached hydrogens (tertiary/aromatic N) is 2. The van der Waals surface area contributed by atoms with Crippen molar-refractivity contribution in [2.45, 2.75) is 57.5 Å². The highest BCUT2D eigenvalue weighted by Crippen LogP contribution is 2.21. The molecule has 0 aromatic heterocycles. The molecule has 1 N–H and O–H groups in total. The fraction of sp³-hybridized carbons (Fsp3) is 1.00. The van der Waals surface area contributed by atoms with Crippen molar-refractivity contribution in [1.82, 2.24) is 15.1 Å². The molecule has 1 rings (SSSR count). The van der Waals surface area contributed by atoms with Crippen molar-refractivity contribution >= 4 is 0 Å². The van der Waals surface area contributed by atoms with E-state index in [1.165, 1.54) is 45.1 Å². The Morgan fingerprint density at radius 2 is 1.61 bits per heavy atom. The molecule has 3 heteroatoms. The molecule has 1 aliphatic rings. The lowest BCUT2D eigenvalue weighted by Gasteiger charge is -2.37. The molecule has 2 unspecified atom stereocenters. The van der Waals surface area contributed by atoms with Crippen LogP contribution in [0.3, 0.4) is 0 Å². The molecule has 3 nitrogen and oxygen atoms in total. The normalized spacial score (nSPS) is 26.3. The fourth-order valence-corrected chi connectivity index (χ4v) is 3.02. The van der Waals surface area contributed by atoms with Crippen LogP contribution in [-0.2, 0) is 0 Å². The highest BCUT2D eigenvalue weighted by molar-refractivity contribution is 4.84. The van der Waals surface area contributed by atoms with Crippen LogP contribution in [0.25, 0.3) is 0 Å². The average Bonchev–Trinajstić information content (AvgIpc) is 2.30. The molecular formula is C15H33N3. The Bertz CT molecular complexity index is 206. The fourth-order valence-electron chi connectivity index (χ4n) is 3.02. The van der Waals surface area contributed by atoms with Crippen molar-refractivity contribution in [2.75, 3.05) is 40.8 Å². The monoisotopic (exact) mass is 255 g/mol. The first-order valence-electron chi connectivity index (χ1n) is 7.73. The van der Waals surface area contributed by atoms with Gasteiger partial charge in [0.15, 0.2) is 0 Å². The van der Waals surface area contributed by atoms with Gasteiger partial charge >= 0.3 is 0 Å². The molecule has 1 saturated carbocycles. The van der Waals surface area contributed by atoms with Gasteiger partial charge in [-0.25, -0.2) is 0 Å². The van der Waals surface area contributed by atoms with Gasteiger partial charge in [-0.2, -0.15) is 0 Å². The van der Waals surface area contributed by atoms with Crippen LogP contribution >= 0.6 is 0 Å². The highest BCUT2D eigenvalue weighted by Gasteiger charge is 2.25. The number of nitrogens with one attached hydrogen (secondary N) is 1. The Morgan fingerprint density at radius 3 is 2.22 bits per heavy atom. The van der Waals surface area contributed by atoms with Crippen LogP contribution < -0.4 is 5.32 Å². The lowest BCUT2D eigenvalue weighted by atomic mass is 9.91. The lowest BCUT2D eigenvalue weighted by molar-refractivity contribution is 0.153. The maximum Gasteiger partial charge on any atom is 0.0246 e. The first-order valence-corrected chi connectivity index (χ1v) is 7.73. The molecule has 1 fully saturated rings. The van der Waals surface area contributed by atoms with Crippen LogP contribution in [0.15, 0.2) is 0 Å². The van der Waals surface area contributed by atoms with Crippen molar-refractivity contribution in [3.63, 3.8) is 0 Å². The molecule has 0 radical (unpaired) electrons. The largest absolute Gasteiger partial charge is 0.313 e. The Balaban J connectivity index is 2.52. The van der Waals surface area contributed by atoms with Crippen molar-refractivity contribution in [1.29, 1.82) is 0 Å². The van der Waals surface area contributed by atoms with Crippen LogP contribution in [0.5, 0.6) is 0 Å². The van der Waals surface area contributed by atoms with Gasteiger partial charge in [-0.15, -0.1) is 0 Å². The van der Waals surface area contributed by atoms with E-state index >= 15 is 0 Å². The molecule has 18 heavy (non-hydrogen) atoms. The molecule has 0 heterocycles. The van der Waals surface area contributed by atoms with Crippen molar-refractivity contribution in [3.05, 3.63) is 0 Å². The van der Waals surface area contributed by atoms with Gasteiger partial charge in [0, 0.05) is 25.2 Å². The van der Waals surface area contributed by atoms with Gasteiger partial charge in [-0.1, -0.05) is 32.6 Å². The predicted molar refractivity (Wildman–Crippen MR) is 80.1 cm³/mol. The summed E-state index contributed by atoms with van der Waals surface area (Å²) in [5, 5.41) is 3.72. The Labute approximate surface area is 114 Å². The third-order valence-corrected chi connectivity index (χ3v) is 4.16. The molecular weight excluding hydrogens is 222 g/mol. The summed E-state index contributed by atoms with van der Waals surface area (Å²) in [6.07, 6.45) is 8.37. The molecule has 0 saturated heterocycles. The first-order chi connectivity index (χ1) is 8.65. The zero-order chi connectivity index (χ0) is 13.4. The summed E-state index contributed by atoms with van der Waals surface area (Å²) < 4.78 is 0. The summed E-state index contributed by atoms with van der Waals surface area (Å²) in [4.78, 5) is 4.86. The van der Waals surface area contributed by atoms with Gasteiger partial charge in [0.1, 0.15) is 0 Å². The van der Waals surface area contributed by atoms with E-state index in [4.69, 9.17) is 0 Å². The summed E-state index contributed by atoms with van der Waals surface area (Å²) in [6.45, 7) is 5.67.